The van der Waals surface area contributed by atoms with Gasteiger partial charge in [-0.15, -0.1) is 0 Å². The number of methoxy groups -OCH3 is 1. The number of amides is 1. The van der Waals surface area contributed by atoms with E-state index < -0.39 is 0 Å². The smallest absolute Gasteiger partial charge is 0.252 e. The third-order valence-corrected chi connectivity index (χ3v) is 5.63. The molecule has 0 unspecified atom stereocenters. The highest BCUT2D eigenvalue weighted by Crippen LogP contribution is 2.32. The SMILES string of the molecule is COc1ccc(Br)c(C(=O)NCc2ccc3ccccc3c2-c2ccccc2)c1. The largest absolute Gasteiger partial charge is 0.497 e. The number of ether oxygens (including phenoxy) is 1. The fourth-order valence-corrected chi connectivity index (χ4v) is 3.91. The third-order valence-electron chi connectivity index (χ3n) is 4.94. The molecule has 4 rings (SSSR count). The fourth-order valence-electron chi connectivity index (χ4n) is 3.49. The Bertz CT molecular complexity index is 1170. The van der Waals surface area contributed by atoms with Crippen LogP contribution in [-0.2, 0) is 6.54 Å². The van der Waals surface area contributed by atoms with E-state index in [1.165, 1.54) is 10.8 Å². The normalized spacial score (nSPS) is 10.7. The summed E-state index contributed by atoms with van der Waals surface area (Å²) in [6, 6.07) is 28.2. The molecule has 0 fully saturated rings. The maximum absolute atomic E-state index is 12.8. The fraction of sp³-hybridized carbons (Fsp3) is 0.0800. The highest BCUT2D eigenvalue weighted by molar-refractivity contribution is 9.10. The first-order valence-corrected chi connectivity index (χ1v) is 10.1. The van der Waals surface area contributed by atoms with E-state index in [1.807, 2.05) is 42.5 Å². The van der Waals surface area contributed by atoms with Gasteiger partial charge in [-0.1, -0.05) is 66.7 Å². The van der Waals surface area contributed by atoms with Crippen LogP contribution in [0.15, 0.2) is 89.4 Å². The molecule has 1 N–H and O–H groups in total. The van der Waals surface area contributed by atoms with Gasteiger partial charge in [0.2, 0.25) is 0 Å². The standard InChI is InChI=1S/C25H20BrNO2/c1-29-20-13-14-23(26)22(15-20)25(28)27-16-19-12-11-17-7-5-6-10-21(17)24(19)18-8-3-2-4-9-18/h2-15H,16H2,1H3,(H,27,28). The molecule has 0 aliphatic rings. The Morgan fingerprint density at radius 2 is 1.69 bits per heavy atom. The van der Waals surface area contributed by atoms with Gasteiger partial charge in [0.25, 0.3) is 5.91 Å². The molecule has 0 atom stereocenters. The van der Waals surface area contributed by atoms with E-state index in [2.05, 4.69) is 57.6 Å². The molecule has 144 valence electrons. The molecule has 4 heteroatoms. The van der Waals surface area contributed by atoms with Gasteiger partial charge in [0, 0.05) is 11.0 Å². The molecule has 0 saturated heterocycles. The van der Waals surface area contributed by atoms with E-state index in [-0.39, 0.29) is 5.91 Å². The molecule has 0 bridgehead atoms. The number of halogens is 1. The number of fused-ring (bicyclic) bond motifs is 1. The molecule has 0 radical (unpaired) electrons. The summed E-state index contributed by atoms with van der Waals surface area (Å²) in [5.74, 6) is 0.497. The maximum atomic E-state index is 12.8. The van der Waals surface area contributed by atoms with Gasteiger partial charge in [-0.3, -0.25) is 4.79 Å². The van der Waals surface area contributed by atoms with Crippen LogP contribution in [0.3, 0.4) is 0 Å². The number of hydrogen-bond acceptors (Lipinski definition) is 2. The summed E-state index contributed by atoms with van der Waals surface area (Å²) in [5, 5.41) is 5.41. The molecule has 29 heavy (non-hydrogen) atoms. The maximum Gasteiger partial charge on any atom is 0.252 e. The molecular weight excluding hydrogens is 426 g/mol. The molecule has 0 aliphatic heterocycles. The summed E-state index contributed by atoms with van der Waals surface area (Å²) in [6.07, 6.45) is 0. The van der Waals surface area contributed by atoms with Crippen LogP contribution in [0, 0.1) is 0 Å². The van der Waals surface area contributed by atoms with Crippen molar-refractivity contribution in [3.05, 3.63) is 101 Å². The van der Waals surface area contributed by atoms with Crippen molar-refractivity contribution >= 4 is 32.6 Å². The Labute approximate surface area is 178 Å². The van der Waals surface area contributed by atoms with Gasteiger partial charge in [-0.25, -0.2) is 0 Å². The zero-order valence-corrected chi connectivity index (χ0v) is 17.6. The zero-order chi connectivity index (χ0) is 20.2. The number of carbonyl (C=O) groups is 1. The Morgan fingerprint density at radius 3 is 2.48 bits per heavy atom. The van der Waals surface area contributed by atoms with Crippen LogP contribution in [0.5, 0.6) is 5.75 Å². The van der Waals surface area contributed by atoms with Crippen LogP contribution in [0.1, 0.15) is 15.9 Å². The Kier molecular flexibility index (Phi) is 5.63. The highest BCUT2D eigenvalue weighted by Gasteiger charge is 2.14. The molecule has 0 saturated carbocycles. The summed E-state index contributed by atoms with van der Waals surface area (Å²) < 4.78 is 5.98. The van der Waals surface area contributed by atoms with Crippen molar-refractivity contribution in [2.45, 2.75) is 6.54 Å². The predicted octanol–water partition coefficient (Wildman–Crippen LogP) is 6.21. The van der Waals surface area contributed by atoms with Crippen LogP contribution in [0.4, 0.5) is 0 Å². The van der Waals surface area contributed by atoms with Gasteiger partial charge in [0.1, 0.15) is 5.75 Å². The van der Waals surface area contributed by atoms with Crippen LogP contribution in [0.25, 0.3) is 21.9 Å². The van der Waals surface area contributed by atoms with E-state index in [4.69, 9.17) is 4.74 Å². The lowest BCUT2D eigenvalue weighted by Gasteiger charge is -2.15. The van der Waals surface area contributed by atoms with Crippen molar-refractivity contribution in [1.82, 2.24) is 5.32 Å². The lowest BCUT2D eigenvalue weighted by atomic mass is 9.93. The summed E-state index contributed by atoms with van der Waals surface area (Å²) in [5.41, 5.74) is 3.90. The van der Waals surface area contributed by atoms with Crippen LogP contribution < -0.4 is 10.1 Å². The van der Waals surface area contributed by atoms with Crippen molar-refractivity contribution in [1.29, 1.82) is 0 Å². The molecule has 3 nitrogen and oxygen atoms in total. The Balaban J connectivity index is 1.69. The Hall–Kier alpha value is -3.11. The van der Waals surface area contributed by atoms with Crippen LogP contribution in [0.2, 0.25) is 0 Å². The van der Waals surface area contributed by atoms with E-state index in [9.17, 15) is 4.79 Å². The minimum Gasteiger partial charge on any atom is -0.497 e. The zero-order valence-electron chi connectivity index (χ0n) is 16.0. The van der Waals surface area contributed by atoms with E-state index in [0.29, 0.717) is 17.9 Å². The second-order valence-corrected chi connectivity index (χ2v) is 7.57. The minimum atomic E-state index is -0.150. The average Bonchev–Trinajstić information content (AvgIpc) is 2.78. The summed E-state index contributed by atoms with van der Waals surface area (Å²) in [6.45, 7) is 0.428. The molecule has 4 aromatic rings. The molecule has 0 aromatic heterocycles. The number of hydrogen-bond donors (Lipinski definition) is 1. The first-order chi connectivity index (χ1) is 14.2. The first-order valence-electron chi connectivity index (χ1n) is 9.35. The van der Waals surface area contributed by atoms with Gasteiger partial charge in [-0.2, -0.15) is 0 Å². The second-order valence-electron chi connectivity index (χ2n) is 6.72. The van der Waals surface area contributed by atoms with Crippen molar-refractivity contribution in [3.63, 3.8) is 0 Å². The molecule has 0 heterocycles. The summed E-state index contributed by atoms with van der Waals surface area (Å²) in [7, 11) is 1.59. The monoisotopic (exact) mass is 445 g/mol. The van der Waals surface area contributed by atoms with Crippen LogP contribution in [-0.4, -0.2) is 13.0 Å². The highest BCUT2D eigenvalue weighted by atomic mass is 79.9. The van der Waals surface area contributed by atoms with Crippen molar-refractivity contribution in [2.75, 3.05) is 7.11 Å². The second kappa shape index (κ2) is 8.50. The molecule has 1 amide bonds. The van der Waals surface area contributed by atoms with Crippen molar-refractivity contribution < 1.29 is 9.53 Å². The number of benzene rings is 4. The molecular formula is C25H20BrNO2. The number of carbonyl (C=O) groups excluding carboxylic acids is 1. The lowest BCUT2D eigenvalue weighted by Crippen LogP contribution is -2.23. The first kappa shape index (κ1) is 19.2. The summed E-state index contributed by atoms with van der Waals surface area (Å²) in [4.78, 5) is 12.8. The third kappa shape index (κ3) is 4.03. The molecule has 4 aromatic carbocycles. The molecule has 0 spiro atoms. The van der Waals surface area contributed by atoms with Gasteiger partial charge in [-0.05, 0) is 61.6 Å². The predicted molar refractivity (Wildman–Crippen MR) is 121 cm³/mol. The van der Waals surface area contributed by atoms with Gasteiger partial charge in [0.05, 0.1) is 12.7 Å². The number of nitrogens with one attached hydrogen (secondary N) is 1. The van der Waals surface area contributed by atoms with Crippen molar-refractivity contribution in [3.8, 4) is 16.9 Å². The minimum absolute atomic E-state index is 0.150. The quantitative estimate of drug-likeness (QED) is 0.396. The van der Waals surface area contributed by atoms with E-state index >= 15 is 0 Å². The lowest BCUT2D eigenvalue weighted by molar-refractivity contribution is 0.0950. The van der Waals surface area contributed by atoms with Crippen LogP contribution >= 0.6 is 15.9 Å². The van der Waals surface area contributed by atoms with E-state index in [0.717, 1.165) is 21.2 Å². The summed E-state index contributed by atoms with van der Waals surface area (Å²) >= 11 is 3.45. The Morgan fingerprint density at radius 1 is 0.931 bits per heavy atom. The average molecular weight is 446 g/mol. The van der Waals surface area contributed by atoms with Gasteiger partial charge >= 0.3 is 0 Å². The number of rotatable bonds is 5. The van der Waals surface area contributed by atoms with Gasteiger partial charge in [0.15, 0.2) is 0 Å². The van der Waals surface area contributed by atoms with E-state index in [1.54, 1.807) is 13.2 Å². The molecule has 0 aliphatic carbocycles. The topological polar surface area (TPSA) is 38.3 Å². The van der Waals surface area contributed by atoms with Gasteiger partial charge < -0.3 is 10.1 Å². The van der Waals surface area contributed by atoms with Crippen molar-refractivity contribution in [2.24, 2.45) is 0 Å².